The highest BCUT2D eigenvalue weighted by atomic mass is 16.7. The number of methoxy groups -OCH3 is 1. The van der Waals surface area contributed by atoms with Gasteiger partial charge in [-0.1, -0.05) is 26.0 Å². The monoisotopic (exact) mass is 290 g/mol. The van der Waals surface area contributed by atoms with Crippen molar-refractivity contribution in [1.82, 2.24) is 0 Å². The minimum Gasteiger partial charge on any atom is -0.359 e. The highest BCUT2D eigenvalue weighted by Crippen LogP contribution is 2.46. The number of Topliss-reactive ketones (excluding diaryl/α,β-unsaturated/α-hetero) is 1. The van der Waals surface area contributed by atoms with Crippen LogP contribution >= 0.6 is 0 Å². The summed E-state index contributed by atoms with van der Waals surface area (Å²) in [6, 6.07) is 5.50. The van der Waals surface area contributed by atoms with Crippen molar-refractivity contribution in [2.75, 3.05) is 13.9 Å². The van der Waals surface area contributed by atoms with Gasteiger partial charge in [0.2, 0.25) is 0 Å². The summed E-state index contributed by atoms with van der Waals surface area (Å²) in [7, 11) is 1.53. The second-order valence-electron chi connectivity index (χ2n) is 6.26. The van der Waals surface area contributed by atoms with Gasteiger partial charge in [-0.25, -0.2) is 0 Å². The van der Waals surface area contributed by atoms with Crippen LogP contribution in [-0.2, 0) is 25.3 Å². The second kappa shape index (κ2) is 5.70. The van der Waals surface area contributed by atoms with E-state index in [0.717, 1.165) is 23.8 Å². The second-order valence-corrected chi connectivity index (χ2v) is 6.26. The molecule has 0 N–H and O–H groups in total. The lowest BCUT2D eigenvalue weighted by molar-refractivity contribution is -0.159. The van der Waals surface area contributed by atoms with E-state index in [9.17, 15) is 9.59 Å². The Labute approximate surface area is 125 Å². The summed E-state index contributed by atoms with van der Waals surface area (Å²) in [5, 5.41) is 0. The standard InChI is InChI=1S/C17H22O4/c1-12(19)13-5-6-14-15(9-13)16(2,3)7-8-17(14,10-18)21-11-20-4/h5-6,9-10H,7-8,11H2,1-4H3. The molecule has 0 amide bonds. The van der Waals surface area contributed by atoms with Crippen molar-refractivity contribution < 1.29 is 19.1 Å². The van der Waals surface area contributed by atoms with Gasteiger partial charge in [-0.2, -0.15) is 0 Å². The van der Waals surface area contributed by atoms with Gasteiger partial charge in [-0.05, 0) is 42.4 Å². The molecule has 114 valence electrons. The molecule has 1 unspecified atom stereocenters. The summed E-state index contributed by atoms with van der Waals surface area (Å²) >= 11 is 0. The van der Waals surface area contributed by atoms with Crippen molar-refractivity contribution in [3.05, 3.63) is 34.9 Å². The molecule has 4 nitrogen and oxygen atoms in total. The van der Waals surface area contributed by atoms with Crippen LogP contribution in [-0.4, -0.2) is 26.0 Å². The highest BCUT2D eigenvalue weighted by Gasteiger charge is 2.44. The van der Waals surface area contributed by atoms with E-state index >= 15 is 0 Å². The first-order valence-electron chi connectivity index (χ1n) is 7.11. The number of aldehydes is 1. The Kier molecular flexibility index (Phi) is 4.30. The summed E-state index contributed by atoms with van der Waals surface area (Å²) in [4.78, 5) is 23.4. The quantitative estimate of drug-likeness (QED) is 0.475. The maximum atomic E-state index is 11.7. The van der Waals surface area contributed by atoms with Crippen molar-refractivity contribution in [3.8, 4) is 0 Å². The van der Waals surface area contributed by atoms with Gasteiger partial charge < -0.3 is 9.47 Å². The van der Waals surface area contributed by atoms with Crippen LogP contribution in [0.3, 0.4) is 0 Å². The van der Waals surface area contributed by atoms with Crippen LogP contribution in [0.15, 0.2) is 18.2 Å². The number of ketones is 1. The molecule has 4 heteroatoms. The maximum Gasteiger partial charge on any atom is 0.159 e. The van der Waals surface area contributed by atoms with Gasteiger partial charge in [0.1, 0.15) is 6.79 Å². The Morgan fingerprint density at radius 1 is 1.29 bits per heavy atom. The van der Waals surface area contributed by atoms with Crippen molar-refractivity contribution in [1.29, 1.82) is 0 Å². The van der Waals surface area contributed by atoms with E-state index in [-0.39, 0.29) is 18.0 Å². The largest absolute Gasteiger partial charge is 0.359 e. The molecule has 1 aromatic carbocycles. The van der Waals surface area contributed by atoms with Gasteiger partial charge in [0.05, 0.1) is 0 Å². The SMILES string of the molecule is COCOC1(C=O)CCC(C)(C)c2cc(C(C)=O)ccc21. The normalized spacial score (nSPS) is 23.4. The average molecular weight is 290 g/mol. The molecule has 0 spiro atoms. The van der Waals surface area contributed by atoms with Gasteiger partial charge in [0, 0.05) is 12.7 Å². The lowest BCUT2D eigenvalue weighted by atomic mass is 9.66. The minimum absolute atomic E-state index is 0.0219. The molecule has 0 fully saturated rings. The Morgan fingerprint density at radius 2 is 2.00 bits per heavy atom. The van der Waals surface area contributed by atoms with Crippen LogP contribution in [0.25, 0.3) is 0 Å². The molecule has 0 aromatic heterocycles. The molecule has 0 radical (unpaired) electrons. The lowest BCUT2D eigenvalue weighted by Crippen LogP contribution is -2.41. The molecule has 2 rings (SSSR count). The number of carbonyl (C=O) groups is 2. The van der Waals surface area contributed by atoms with Crippen LogP contribution in [0, 0.1) is 0 Å². The number of hydrogen-bond acceptors (Lipinski definition) is 4. The van der Waals surface area contributed by atoms with Crippen LogP contribution in [0.2, 0.25) is 0 Å². The smallest absolute Gasteiger partial charge is 0.159 e. The Balaban J connectivity index is 2.58. The summed E-state index contributed by atoms with van der Waals surface area (Å²) < 4.78 is 10.7. The lowest BCUT2D eigenvalue weighted by Gasteiger charge is -2.42. The molecule has 21 heavy (non-hydrogen) atoms. The fraction of sp³-hybridized carbons (Fsp3) is 0.529. The third-order valence-corrected chi connectivity index (χ3v) is 4.36. The maximum absolute atomic E-state index is 11.7. The zero-order valence-corrected chi connectivity index (χ0v) is 13.1. The molecule has 1 atom stereocenters. The van der Waals surface area contributed by atoms with Crippen molar-refractivity contribution >= 4 is 12.1 Å². The molecular weight excluding hydrogens is 268 g/mol. The van der Waals surface area contributed by atoms with E-state index in [1.807, 2.05) is 12.1 Å². The first kappa shape index (κ1) is 15.9. The third-order valence-electron chi connectivity index (χ3n) is 4.36. The highest BCUT2D eigenvalue weighted by molar-refractivity contribution is 5.94. The van der Waals surface area contributed by atoms with E-state index < -0.39 is 5.60 Å². The minimum atomic E-state index is -0.976. The number of rotatable bonds is 5. The third kappa shape index (κ3) is 2.78. The summed E-state index contributed by atoms with van der Waals surface area (Å²) in [6.07, 6.45) is 2.27. The fourth-order valence-electron chi connectivity index (χ4n) is 2.93. The van der Waals surface area contributed by atoms with Crippen molar-refractivity contribution in [2.24, 2.45) is 0 Å². The first-order valence-corrected chi connectivity index (χ1v) is 7.11. The Morgan fingerprint density at radius 3 is 2.57 bits per heavy atom. The molecule has 1 aromatic rings. The summed E-state index contributed by atoms with van der Waals surface area (Å²) in [5.74, 6) is 0.0219. The van der Waals surface area contributed by atoms with Gasteiger partial charge >= 0.3 is 0 Å². The number of hydrogen-bond donors (Lipinski definition) is 0. The molecular formula is C17H22O4. The van der Waals surface area contributed by atoms with Crippen molar-refractivity contribution in [3.63, 3.8) is 0 Å². The molecule has 0 bridgehead atoms. The average Bonchev–Trinajstić information content (AvgIpc) is 2.47. The van der Waals surface area contributed by atoms with Gasteiger partial charge in [-0.15, -0.1) is 0 Å². The first-order chi connectivity index (χ1) is 9.86. The molecule has 1 aliphatic rings. The van der Waals surface area contributed by atoms with Gasteiger partial charge in [-0.3, -0.25) is 9.59 Å². The predicted octanol–water partition coefficient (Wildman–Crippen LogP) is 2.98. The van der Waals surface area contributed by atoms with E-state index in [1.165, 1.54) is 7.11 Å². The van der Waals surface area contributed by atoms with E-state index in [0.29, 0.717) is 12.0 Å². The van der Waals surface area contributed by atoms with Crippen LogP contribution in [0.1, 0.15) is 55.1 Å². The number of fused-ring (bicyclic) bond motifs is 1. The predicted molar refractivity (Wildman–Crippen MR) is 79.4 cm³/mol. The van der Waals surface area contributed by atoms with Gasteiger partial charge in [0.25, 0.3) is 0 Å². The zero-order chi connectivity index (χ0) is 15.7. The molecule has 1 aliphatic carbocycles. The van der Waals surface area contributed by atoms with E-state index in [2.05, 4.69) is 13.8 Å². The summed E-state index contributed by atoms with van der Waals surface area (Å²) in [6.45, 7) is 5.86. The number of benzene rings is 1. The Hall–Kier alpha value is -1.52. The van der Waals surface area contributed by atoms with Crippen LogP contribution in [0.4, 0.5) is 0 Å². The van der Waals surface area contributed by atoms with Crippen LogP contribution < -0.4 is 0 Å². The fourth-order valence-corrected chi connectivity index (χ4v) is 2.93. The summed E-state index contributed by atoms with van der Waals surface area (Å²) in [5.41, 5.74) is 1.44. The van der Waals surface area contributed by atoms with Gasteiger partial charge in [0.15, 0.2) is 17.7 Å². The number of carbonyl (C=O) groups excluding carboxylic acids is 2. The molecule has 0 saturated heterocycles. The molecule has 0 saturated carbocycles. The Bertz CT molecular complexity index is 562. The van der Waals surface area contributed by atoms with E-state index in [4.69, 9.17) is 9.47 Å². The van der Waals surface area contributed by atoms with Crippen molar-refractivity contribution in [2.45, 2.75) is 44.6 Å². The number of ether oxygens (including phenoxy) is 2. The topological polar surface area (TPSA) is 52.6 Å². The zero-order valence-electron chi connectivity index (χ0n) is 13.1. The molecule has 0 heterocycles. The van der Waals surface area contributed by atoms with E-state index in [1.54, 1.807) is 13.0 Å². The molecule has 0 aliphatic heterocycles. The van der Waals surface area contributed by atoms with Crippen LogP contribution in [0.5, 0.6) is 0 Å².